The normalized spacial score (nSPS) is 14.6. The van der Waals surface area contributed by atoms with E-state index in [2.05, 4.69) is 31.3 Å². The van der Waals surface area contributed by atoms with Gasteiger partial charge < -0.3 is 19.7 Å². The molecule has 1 aliphatic rings. The lowest BCUT2D eigenvalue weighted by atomic mass is 9.89. The number of methoxy groups -OCH3 is 1. The topological polar surface area (TPSA) is 103 Å². The number of alkyl halides is 2. The van der Waals surface area contributed by atoms with Gasteiger partial charge in [-0.15, -0.1) is 0 Å². The van der Waals surface area contributed by atoms with Crippen molar-refractivity contribution in [2.45, 2.75) is 39.2 Å². The average molecular weight is 601 g/mol. The maximum atomic E-state index is 14.2. The highest BCUT2D eigenvalue weighted by atomic mass is 19.3. The van der Waals surface area contributed by atoms with Crippen LogP contribution >= 0.6 is 0 Å². The molecular formula is C32H34F2N8O2. The Balaban J connectivity index is 1.53. The van der Waals surface area contributed by atoms with Crippen LogP contribution in [0.5, 0.6) is 0 Å². The highest BCUT2D eigenvalue weighted by Crippen LogP contribution is 2.29. The van der Waals surface area contributed by atoms with Crippen molar-refractivity contribution >= 4 is 34.4 Å². The Kier molecular flexibility index (Phi) is 9.15. The molecule has 2 aromatic heterocycles. The molecule has 1 fully saturated rings. The summed E-state index contributed by atoms with van der Waals surface area (Å²) < 4.78 is 40.6. The maximum Gasteiger partial charge on any atom is 0.296 e. The van der Waals surface area contributed by atoms with Crippen LogP contribution in [0.2, 0.25) is 0 Å². The molecule has 44 heavy (non-hydrogen) atoms. The summed E-state index contributed by atoms with van der Waals surface area (Å²) in [5, 5.41) is 3.45. The molecule has 0 unspecified atom stereocenters. The Hall–Kier alpha value is -4.89. The molecule has 1 saturated heterocycles. The predicted molar refractivity (Wildman–Crippen MR) is 167 cm³/mol. The van der Waals surface area contributed by atoms with Gasteiger partial charge in [-0.2, -0.15) is 19.9 Å². The van der Waals surface area contributed by atoms with E-state index in [1.165, 1.54) is 11.7 Å². The van der Waals surface area contributed by atoms with E-state index in [0.29, 0.717) is 55.6 Å². The first-order chi connectivity index (χ1) is 21.2. The van der Waals surface area contributed by atoms with Crippen LogP contribution in [-0.2, 0) is 15.9 Å². The number of morpholine rings is 1. The number of aromatic nitrogens is 5. The summed E-state index contributed by atoms with van der Waals surface area (Å²) in [4.78, 5) is 24.1. The monoisotopic (exact) mass is 600 g/mol. The molecule has 0 radical (unpaired) electrons. The summed E-state index contributed by atoms with van der Waals surface area (Å²) in [6.07, 6.45) is 4.87. The summed E-state index contributed by atoms with van der Waals surface area (Å²) in [5.41, 5.74) is 3.31. The van der Waals surface area contributed by atoms with E-state index < -0.39 is 17.8 Å². The van der Waals surface area contributed by atoms with Crippen molar-refractivity contribution in [3.63, 3.8) is 0 Å². The van der Waals surface area contributed by atoms with Crippen molar-refractivity contribution < 1.29 is 18.3 Å². The van der Waals surface area contributed by atoms with Gasteiger partial charge in [-0.3, -0.25) is 4.57 Å². The zero-order valence-electron chi connectivity index (χ0n) is 25.1. The van der Waals surface area contributed by atoms with Gasteiger partial charge in [0.2, 0.25) is 23.7 Å². The Bertz CT molecular complexity index is 1740. The van der Waals surface area contributed by atoms with Gasteiger partial charge in [0.15, 0.2) is 5.82 Å². The fourth-order valence-electron chi connectivity index (χ4n) is 5.16. The molecule has 10 nitrogen and oxygen atoms in total. The third-order valence-corrected chi connectivity index (χ3v) is 7.14. The Labute approximate surface area is 254 Å². The number of nitrogens with one attached hydrogen (secondary N) is 1. The fraction of sp³-hybridized carbons (Fsp3) is 0.344. The fourth-order valence-corrected chi connectivity index (χ4v) is 5.16. The van der Waals surface area contributed by atoms with Gasteiger partial charge >= 0.3 is 0 Å². The summed E-state index contributed by atoms with van der Waals surface area (Å²) in [6.45, 7) is 8.15. The van der Waals surface area contributed by atoms with Gasteiger partial charge in [0.25, 0.3) is 6.43 Å². The largest absolute Gasteiger partial charge is 0.481 e. The van der Waals surface area contributed by atoms with E-state index in [-0.39, 0.29) is 11.9 Å². The first kappa shape index (κ1) is 30.6. The van der Waals surface area contributed by atoms with Crippen molar-refractivity contribution in [2.75, 3.05) is 43.6 Å². The van der Waals surface area contributed by atoms with Crippen molar-refractivity contribution in [2.24, 2.45) is 4.99 Å². The summed E-state index contributed by atoms with van der Waals surface area (Å²) in [7, 11) is 1.52. The molecule has 12 heteroatoms. The minimum absolute atomic E-state index is 0.0582. The zero-order chi connectivity index (χ0) is 31.3. The number of anilines is 2. The number of hydrogen-bond donors (Lipinski definition) is 1. The quantitative estimate of drug-likeness (QED) is 0.154. The number of rotatable bonds is 9. The molecule has 228 valence electrons. The number of terminal acetylenes is 1. The molecular weight excluding hydrogens is 566 g/mol. The van der Waals surface area contributed by atoms with Gasteiger partial charge in [-0.25, -0.2) is 13.8 Å². The van der Waals surface area contributed by atoms with Crippen LogP contribution in [0.25, 0.3) is 22.6 Å². The van der Waals surface area contributed by atoms with Crippen LogP contribution in [0.1, 0.15) is 44.1 Å². The van der Waals surface area contributed by atoms with E-state index in [4.69, 9.17) is 20.9 Å². The number of benzene rings is 2. The van der Waals surface area contributed by atoms with E-state index in [1.54, 1.807) is 30.3 Å². The van der Waals surface area contributed by atoms with Crippen molar-refractivity contribution in [1.82, 2.24) is 24.5 Å². The van der Waals surface area contributed by atoms with E-state index in [0.717, 1.165) is 16.7 Å². The van der Waals surface area contributed by atoms with Crippen LogP contribution in [-0.4, -0.2) is 69.4 Å². The minimum Gasteiger partial charge on any atom is -0.481 e. The molecule has 1 N–H and O–H groups in total. The number of fused-ring (bicyclic) bond motifs is 1. The lowest BCUT2D eigenvalue weighted by Crippen LogP contribution is -2.39. The third-order valence-electron chi connectivity index (χ3n) is 7.14. The molecule has 0 amide bonds. The molecule has 3 heterocycles. The molecule has 1 aliphatic heterocycles. The molecule has 0 atom stereocenters. The van der Waals surface area contributed by atoms with Gasteiger partial charge in [0.1, 0.15) is 0 Å². The lowest BCUT2D eigenvalue weighted by Gasteiger charge is -2.30. The van der Waals surface area contributed by atoms with Crippen molar-refractivity contribution in [1.29, 1.82) is 0 Å². The van der Waals surface area contributed by atoms with Gasteiger partial charge in [-0.1, -0.05) is 42.8 Å². The van der Waals surface area contributed by atoms with E-state index in [9.17, 15) is 8.78 Å². The van der Waals surface area contributed by atoms with Gasteiger partial charge in [-0.05, 0) is 56.0 Å². The van der Waals surface area contributed by atoms with Crippen LogP contribution in [0.15, 0.2) is 59.6 Å². The van der Waals surface area contributed by atoms with Gasteiger partial charge in [0.05, 0.1) is 31.4 Å². The number of aliphatic imine (C=N–C) groups is 1. The standard InChI is InChI=1S/C32H34F2N8O2/c1-6-35-26(43-5)19-21(2)23-12-8-7-11-22(23)20-32(3,4)40-29-37-30(41-15-17-44-18-16-41)39-31(38-29)42-25-14-10-9-13-24(25)36-28(42)27(33)34/h1,7-14,19,27H,15-18,20H2,2-5H3,(H,37,38,39,40)/b21-19+,35-26+. The highest BCUT2D eigenvalue weighted by molar-refractivity contribution is 5.95. The van der Waals surface area contributed by atoms with Crippen LogP contribution in [0, 0.1) is 12.5 Å². The molecule has 0 spiro atoms. The first-order valence-electron chi connectivity index (χ1n) is 14.2. The van der Waals surface area contributed by atoms with Crippen molar-refractivity contribution in [3.8, 4) is 18.4 Å². The SMILES string of the molecule is C#C/N=C(\C=C(/C)c1ccccc1CC(C)(C)Nc1nc(N2CCOCC2)nc(-n2c(C(F)F)nc3ccccc32)n1)OC. The second-order valence-electron chi connectivity index (χ2n) is 10.9. The number of nitrogens with zero attached hydrogens (tertiary/aromatic N) is 7. The number of para-hydroxylation sites is 2. The zero-order valence-corrected chi connectivity index (χ0v) is 25.1. The Morgan fingerprint density at radius 1 is 1.09 bits per heavy atom. The molecule has 4 aromatic rings. The summed E-state index contributed by atoms with van der Waals surface area (Å²) in [5.74, 6) is 0.583. The highest BCUT2D eigenvalue weighted by Gasteiger charge is 2.27. The number of allylic oxidation sites excluding steroid dienone is 1. The molecule has 5 rings (SSSR count). The van der Waals surface area contributed by atoms with Crippen LogP contribution in [0.3, 0.4) is 0 Å². The smallest absolute Gasteiger partial charge is 0.296 e. The molecule has 0 saturated carbocycles. The summed E-state index contributed by atoms with van der Waals surface area (Å²) >= 11 is 0. The second-order valence-corrected chi connectivity index (χ2v) is 10.9. The first-order valence-corrected chi connectivity index (χ1v) is 14.2. The molecule has 0 aliphatic carbocycles. The second kappa shape index (κ2) is 13.2. The van der Waals surface area contributed by atoms with Gasteiger partial charge in [0, 0.05) is 30.7 Å². The third kappa shape index (κ3) is 6.84. The molecule has 2 aromatic carbocycles. The number of imidazole rings is 1. The van der Waals surface area contributed by atoms with E-state index >= 15 is 0 Å². The van der Waals surface area contributed by atoms with E-state index in [1.807, 2.05) is 49.9 Å². The predicted octanol–water partition coefficient (Wildman–Crippen LogP) is 5.46. The van der Waals surface area contributed by atoms with Crippen LogP contribution < -0.4 is 10.2 Å². The number of halogens is 2. The van der Waals surface area contributed by atoms with Crippen molar-refractivity contribution in [3.05, 3.63) is 71.6 Å². The minimum atomic E-state index is -2.84. The summed E-state index contributed by atoms with van der Waals surface area (Å²) in [6, 6.07) is 17.2. The maximum absolute atomic E-state index is 14.2. The average Bonchev–Trinajstić information content (AvgIpc) is 3.41. The molecule has 0 bridgehead atoms. The Morgan fingerprint density at radius 2 is 1.80 bits per heavy atom. The number of ether oxygens (including phenoxy) is 2. The lowest BCUT2D eigenvalue weighted by molar-refractivity contribution is 0.122. The number of hydrogen-bond acceptors (Lipinski definition) is 9. The van der Waals surface area contributed by atoms with Crippen LogP contribution in [0.4, 0.5) is 20.7 Å². The Morgan fingerprint density at radius 3 is 2.52 bits per heavy atom.